The highest BCUT2D eigenvalue weighted by Crippen LogP contribution is 2.52. The number of hydrogen-bond donors (Lipinski definition) is 0. The monoisotopic (exact) mass is 634 g/mol. The molecule has 2 aliphatic rings. The molecule has 0 radical (unpaired) electrons. The fourth-order valence-electron chi connectivity index (χ4n) is 6.12. The van der Waals surface area contributed by atoms with E-state index in [0.29, 0.717) is 41.6 Å². The van der Waals surface area contributed by atoms with Crippen LogP contribution in [-0.4, -0.2) is 55.6 Å². The van der Waals surface area contributed by atoms with Gasteiger partial charge in [0.05, 0.1) is 35.4 Å². The van der Waals surface area contributed by atoms with Crippen LogP contribution < -0.4 is 0 Å². The second-order valence-corrected chi connectivity index (χ2v) is 13.6. The van der Waals surface area contributed by atoms with Gasteiger partial charge in [-0.05, 0) is 61.6 Å². The van der Waals surface area contributed by atoms with E-state index in [2.05, 4.69) is 15.2 Å². The molecule has 2 aliphatic carbocycles. The lowest BCUT2D eigenvalue weighted by Gasteiger charge is -2.46. The third-order valence-corrected chi connectivity index (χ3v) is 11.1. The van der Waals surface area contributed by atoms with Crippen LogP contribution in [0.2, 0.25) is 0 Å². The number of ketones is 1. The second kappa shape index (κ2) is 10.5. The van der Waals surface area contributed by atoms with Gasteiger partial charge in [-0.25, -0.2) is 22.5 Å². The molecule has 0 N–H and O–H groups in total. The highest BCUT2D eigenvalue weighted by Gasteiger charge is 2.52. The molecule has 9 nitrogen and oxygen atoms in total. The first-order valence-electron chi connectivity index (χ1n) is 13.5. The van der Waals surface area contributed by atoms with E-state index < -0.39 is 44.1 Å². The fraction of sp³-hybridized carbons (Fsp3) is 0.357. The number of alkyl halides is 3. The van der Waals surface area contributed by atoms with Crippen molar-refractivity contribution >= 4 is 33.2 Å². The Balaban J connectivity index is 1.44. The van der Waals surface area contributed by atoms with Crippen molar-refractivity contribution in [3.63, 3.8) is 0 Å². The van der Waals surface area contributed by atoms with Crippen LogP contribution >= 0.6 is 11.3 Å². The third-order valence-electron chi connectivity index (χ3n) is 8.13. The van der Waals surface area contributed by atoms with E-state index in [1.807, 2.05) is 6.08 Å². The van der Waals surface area contributed by atoms with Gasteiger partial charge < -0.3 is 0 Å². The molecular weight excluding hydrogens is 608 g/mol. The number of nitrogens with zero attached hydrogens (tertiary/aromatic N) is 6. The van der Waals surface area contributed by atoms with Gasteiger partial charge in [-0.1, -0.05) is 12.5 Å². The van der Waals surface area contributed by atoms with Crippen LogP contribution in [0.4, 0.5) is 17.6 Å². The highest BCUT2D eigenvalue weighted by molar-refractivity contribution is 7.89. The minimum absolute atomic E-state index is 0.0137. The molecule has 1 fully saturated rings. The Morgan fingerprint density at radius 2 is 1.91 bits per heavy atom. The number of carbonyl (C=O) groups is 1. The van der Waals surface area contributed by atoms with Crippen molar-refractivity contribution in [3.8, 4) is 5.69 Å². The summed E-state index contributed by atoms with van der Waals surface area (Å²) in [4.78, 5) is 17.2. The Kier molecular flexibility index (Phi) is 7.17. The van der Waals surface area contributed by atoms with Gasteiger partial charge in [0.1, 0.15) is 15.6 Å². The molecule has 0 spiro atoms. The molecule has 15 heteroatoms. The Labute approximate surface area is 248 Å². The number of halogens is 4. The Morgan fingerprint density at radius 1 is 1.16 bits per heavy atom. The first kappa shape index (κ1) is 29.4. The first-order valence-corrected chi connectivity index (χ1v) is 15.7. The van der Waals surface area contributed by atoms with Crippen LogP contribution in [0.5, 0.6) is 0 Å². The van der Waals surface area contributed by atoms with Crippen molar-refractivity contribution in [2.75, 3.05) is 6.54 Å². The Hall–Kier alpha value is -3.69. The zero-order chi connectivity index (χ0) is 30.7. The lowest BCUT2D eigenvalue weighted by molar-refractivity contribution is -0.134. The molecule has 226 valence electrons. The molecule has 0 amide bonds. The molecule has 0 saturated heterocycles. The number of benzene rings is 1. The van der Waals surface area contributed by atoms with Crippen LogP contribution in [0.25, 0.3) is 11.8 Å². The molecule has 0 unspecified atom stereocenters. The largest absolute Gasteiger partial charge is 0.427 e. The van der Waals surface area contributed by atoms with Crippen LogP contribution in [0.3, 0.4) is 0 Å². The summed E-state index contributed by atoms with van der Waals surface area (Å²) in [7, 11) is -2.38. The first-order chi connectivity index (χ1) is 20.3. The van der Waals surface area contributed by atoms with Gasteiger partial charge in [-0.3, -0.25) is 9.48 Å². The molecule has 1 aromatic carbocycles. The predicted octanol–water partition coefficient (Wildman–Crippen LogP) is 5.29. The minimum Gasteiger partial charge on any atom is -0.290 e. The summed E-state index contributed by atoms with van der Waals surface area (Å²) in [6, 6.07) is 5.14. The molecule has 4 aromatic rings. The topological polar surface area (TPSA) is 103 Å². The summed E-state index contributed by atoms with van der Waals surface area (Å²) < 4.78 is 85.7. The molecule has 1 saturated carbocycles. The summed E-state index contributed by atoms with van der Waals surface area (Å²) in [6.07, 6.45) is 2.91. The van der Waals surface area contributed by atoms with E-state index in [-0.39, 0.29) is 40.6 Å². The zero-order valence-electron chi connectivity index (χ0n) is 23.0. The number of fused-ring (bicyclic) bond motifs is 2. The predicted molar refractivity (Wildman–Crippen MR) is 149 cm³/mol. The third kappa shape index (κ3) is 5.02. The van der Waals surface area contributed by atoms with Crippen molar-refractivity contribution in [1.29, 1.82) is 0 Å². The van der Waals surface area contributed by atoms with Gasteiger partial charge in [-0.2, -0.15) is 27.7 Å². The number of aromatic nitrogens is 5. The number of rotatable bonds is 7. The molecule has 3 aromatic heterocycles. The SMILES string of the molecule is CCN([C@H]1CCC2=Cc3c(cnn3-c3ccc(F)cc3)C[C@]2(C(=O)c2ncc(C(F)(F)F)s2)C1)S(=O)(=O)c1cnn(C)c1. The molecular formula is C28H26F4N6O3S2. The summed E-state index contributed by atoms with van der Waals surface area (Å²) >= 11 is 0.285. The molecule has 6 rings (SSSR count). The minimum atomic E-state index is -4.66. The van der Waals surface area contributed by atoms with Crippen molar-refractivity contribution in [1.82, 2.24) is 28.9 Å². The maximum atomic E-state index is 14.3. The summed E-state index contributed by atoms with van der Waals surface area (Å²) in [5, 5.41) is 8.17. The van der Waals surface area contributed by atoms with Gasteiger partial charge in [-0.15, -0.1) is 11.3 Å². The van der Waals surface area contributed by atoms with E-state index in [1.165, 1.54) is 33.5 Å². The standard InChI is InChI=1S/C28H26F4N6O3S2/c1-3-37(43(40,41)22-14-34-36(2)16-22)21-7-4-18-10-23-17(13-35-38(23)20-8-5-19(29)6-9-20)11-27(18,12-21)25(39)26-33-15-24(42-26)28(30,31)32/h5-6,8-10,13-16,21H,3-4,7,11-12H2,1-2H3/t21-,27-/m0/s1. The molecule has 0 bridgehead atoms. The molecule has 3 heterocycles. The van der Waals surface area contributed by atoms with Gasteiger partial charge >= 0.3 is 6.18 Å². The fourth-order valence-corrected chi connectivity index (χ4v) is 8.60. The van der Waals surface area contributed by atoms with Crippen LogP contribution in [0.15, 0.2) is 59.5 Å². The number of Topliss-reactive ketones (excluding diaryl/α,β-unsaturated/α-hetero) is 1. The zero-order valence-corrected chi connectivity index (χ0v) is 24.7. The van der Waals surface area contributed by atoms with E-state index >= 15 is 0 Å². The Bertz CT molecular complexity index is 1840. The van der Waals surface area contributed by atoms with Crippen LogP contribution in [-0.2, 0) is 29.7 Å². The maximum Gasteiger partial charge on any atom is 0.427 e. The second-order valence-electron chi connectivity index (χ2n) is 10.7. The number of hydrogen-bond acceptors (Lipinski definition) is 7. The normalized spacial score (nSPS) is 20.5. The smallest absolute Gasteiger partial charge is 0.290 e. The van der Waals surface area contributed by atoms with Gasteiger partial charge in [0.2, 0.25) is 15.8 Å². The lowest BCUT2D eigenvalue weighted by Crippen LogP contribution is -2.50. The van der Waals surface area contributed by atoms with Crippen molar-refractivity contribution in [3.05, 3.63) is 81.6 Å². The maximum absolute atomic E-state index is 14.3. The quantitative estimate of drug-likeness (QED) is 0.202. The van der Waals surface area contributed by atoms with E-state index in [0.717, 1.165) is 0 Å². The number of sulfonamides is 1. The van der Waals surface area contributed by atoms with Crippen molar-refractivity contribution < 1.29 is 30.8 Å². The van der Waals surface area contributed by atoms with Gasteiger partial charge in [0.15, 0.2) is 5.01 Å². The Morgan fingerprint density at radius 3 is 2.53 bits per heavy atom. The van der Waals surface area contributed by atoms with Crippen molar-refractivity contribution in [2.24, 2.45) is 12.5 Å². The van der Waals surface area contributed by atoms with E-state index in [1.54, 1.807) is 37.0 Å². The number of thiazole rings is 1. The van der Waals surface area contributed by atoms with Crippen molar-refractivity contribution in [2.45, 2.75) is 49.7 Å². The van der Waals surface area contributed by atoms with E-state index in [9.17, 15) is 30.8 Å². The van der Waals surface area contributed by atoms with Gasteiger partial charge in [0, 0.05) is 25.8 Å². The average Bonchev–Trinajstić information content (AvgIpc) is 3.72. The lowest BCUT2D eigenvalue weighted by atomic mass is 9.61. The number of carbonyl (C=O) groups excluding carboxylic acids is 1. The summed E-state index contributed by atoms with van der Waals surface area (Å²) in [5.41, 5.74) is 1.26. The van der Waals surface area contributed by atoms with Gasteiger partial charge in [0.25, 0.3) is 0 Å². The van der Waals surface area contributed by atoms with E-state index in [4.69, 9.17) is 0 Å². The highest BCUT2D eigenvalue weighted by atomic mass is 32.2. The average molecular weight is 635 g/mol. The number of aryl methyl sites for hydroxylation is 1. The number of allylic oxidation sites excluding steroid dienone is 1. The molecule has 2 atom stereocenters. The van der Waals surface area contributed by atoms with Crippen LogP contribution in [0, 0.1) is 11.2 Å². The molecule has 43 heavy (non-hydrogen) atoms. The summed E-state index contributed by atoms with van der Waals surface area (Å²) in [6.45, 7) is 1.82. The van der Waals surface area contributed by atoms with Crippen LogP contribution in [0.1, 0.15) is 52.1 Å². The summed E-state index contributed by atoms with van der Waals surface area (Å²) in [5.74, 6) is -0.992. The molecule has 0 aliphatic heterocycles.